The molecule has 2 aromatic heterocycles. The van der Waals surface area contributed by atoms with Crippen LogP contribution in [0.4, 0.5) is 18.9 Å². The van der Waals surface area contributed by atoms with Crippen LogP contribution in [0.15, 0.2) is 59.1 Å². The molecule has 0 spiro atoms. The third kappa shape index (κ3) is 4.69. The van der Waals surface area contributed by atoms with E-state index in [4.69, 9.17) is 4.52 Å². The Morgan fingerprint density at radius 3 is 2.59 bits per heavy atom. The fraction of sp³-hybridized carbons (Fsp3) is 0.320. The average Bonchev–Trinajstić information content (AvgIpc) is 3.21. The van der Waals surface area contributed by atoms with Crippen molar-refractivity contribution < 1.29 is 22.5 Å². The first-order chi connectivity index (χ1) is 16.4. The minimum absolute atomic E-state index is 0.0705. The van der Waals surface area contributed by atoms with Crippen molar-refractivity contribution in [2.45, 2.75) is 50.4 Å². The molecular formula is C25H23F3N4O2. The zero-order valence-corrected chi connectivity index (χ0v) is 18.2. The molecule has 34 heavy (non-hydrogen) atoms. The number of fused-ring (bicyclic) bond motifs is 2. The van der Waals surface area contributed by atoms with Gasteiger partial charge in [-0.25, -0.2) is 4.98 Å². The van der Waals surface area contributed by atoms with Crippen molar-refractivity contribution in [1.29, 1.82) is 0 Å². The molecule has 1 aliphatic rings. The Bertz CT molecular complexity index is 1330. The van der Waals surface area contributed by atoms with Crippen molar-refractivity contribution in [3.8, 4) is 0 Å². The number of hydrogen-bond acceptors (Lipinski definition) is 5. The molecule has 2 N–H and O–H groups in total. The van der Waals surface area contributed by atoms with Gasteiger partial charge in [0.2, 0.25) is 5.91 Å². The summed E-state index contributed by atoms with van der Waals surface area (Å²) in [4.78, 5) is 16.4. The summed E-state index contributed by atoms with van der Waals surface area (Å²) in [5.41, 5.74) is 0.995. The smallest absolute Gasteiger partial charge is 0.382 e. The Morgan fingerprint density at radius 2 is 1.76 bits per heavy atom. The predicted molar refractivity (Wildman–Crippen MR) is 122 cm³/mol. The highest BCUT2D eigenvalue weighted by Gasteiger charge is 2.34. The first-order valence-corrected chi connectivity index (χ1v) is 11.2. The van der Waals surface area contributed by atoms with E-state index in [-0.39, 0.29) is 24.4 Å². The van der Waals surface area contributed by atoms with Crippen molar-refractivity contribution >= 4 is 33.5 Å². The van der Waals surface area contributed by atoms with Crippen molar-refractivity contribution in [2.75, 3.05) is 5.32 Å². The monoisotopic (exact) mass is 468 g/mol. The molecule has 2 heterocycles. The fourth-order valence-corrected chi connectivity index (χ4v) is 4.61. The maximum Gasteiger partial charge on any atom is 0.433 e. The molecule has 2 aromatic carbocycles. The second-order valence-electron chi connectivity index (χ2n) is 8.64. The normalized spacial score (nSPS) is 18.8. The minimum atomic E-state index is -4.53. The van der Waals surface area contributed by atoms with E-state index >= 15 is 0 Å². The summed E-state index contributed by atoms with van der Waals surface area (Å²) in [6, 6.07) is 15.1. The van der Waals surface area contributed by atoms with Crippen molar-refractivity contribution in [3.63, 3.8) is 0 Å². The molecule has 1 fully saturated rings. The predicted octanol–water partition coefficient (Wildman–Crippen LogP) is 5.48. The van der Waals surface area contributed by atoms with Crippen LogP contribution in [0.2, 0.25) is 0 Å². The molecule has 176 valence electrons. The zero-order chi connectivity index (χ0) is 23.7. The topological polar surface area (TPSA) is 80.0 Å². The number of para-hydroxylation sites is 2. The average molecular weight is 468 g/mol. The third-order valence-corrected chi connectivity index (χ3v) is 6.19. The van der Waals surface area contributed by atoms with Gasteiger partial charge in [-0.1, -0.05) is 35.5 Å². The number of carbonyl (C=O) groups is 1. The number of nitrogens with one attached hydrogen (secondary N) is 2. The van der Waals surface area contributed by atoms with Gasteiger partial charge in [-0.2, -0.15) is 13.2 Å². The second-order valence-corrected chi connectivity index (χ2v) is 8.64. The highest BCUT2D eigenvalue weighted by Crippen LogP contribution is 2.34. The summed E-state index contributed by atoms with van der Waals surface area (Å²) in [5.74, 6) is -0.154. The lowest BCUT2D eigenvalue weighted by molar-refractivity contribution is -0.140. The molecule has 0 bridgehead atoms. The number of anilines is 1. The van der Waals surface area contributed by atoms with Crippen LogP contribution >= 0.6 is 0 Å². The fourth-order valence-electron chi connectivity index (χ4n) is 4.61. The van der Waals surface area contributed by atoms with Gasteiger partial charge < -0.3 is 15.2 Å². The Balaban J connectivity index is 1.28. The molecule has 1 saturated carbocycles. The number of pyridine rings is 1. The highest BCUT2D eigenvalue weighted by molar-refractivity contribution is 5.91. The number of amides is 1. The molecule has 2 atom stereocenters. The number of nitrogens with zero attached hydrogens (tertiary/aromatic N) is 2. The van der Waals surface area contributed by atoms with E-state index < -0.39 is 11.9 Å². The van der Waals surface area contributed by atoms with Crippen LogP contribution < -0.4 is 10.6 Å². The molecule has 1 amide bonds. The number of rotatable bonds is 5. The Hall–Kier alpha value is -3.62. The zero-order valence-electron chi connectivity index (χ0n) is 18.2. The van der Waals surface area contributed by atoms with Gasteiger partial charge in [-0.15, -0.1) is 0 Å². The maximum atomic E-state index is 13.4. The summed E-state index contributed by atoms with van der Waals surface area (Å²) in [5, 5.41) is 11.8. The van der Waals surface area contributed by atoms with Crippen LogP contribution in [-0.2, 0) is 17.4 Å². The van der Waals surface area contributed by atoms with Crippen molar-refractivity contribution in [3.05, 3.63) is 66.0 Å². The first kappa shape index (κ1) is 22.2. The Kier molecular flexibility index (Phi) is 5.85. The molecule has 5 rings (SSSR count). The summed E-state index contributed by atoms with van der Waals surface area (Å²) < 4.78 is 45.4. The quantitative estimate of drug-likeness (QED) is 0.406. The van der Waals surface area contributed by atoms with Crippen LogP contribution in [0.5, 0.6) is 0 Å². The molecule has 0 aliphatic heterocycles. The van der Waals surface area contributed by atoms with Gasteiger partial charge in [0.25, 0.3) is 0 Å². The van der Waals surface area contributed by atoms with Gasteiger partial charge in [0.15, 0.2) is 5.58 Å². The van der Waals surface area contributed by atoms with Crippen LogP contribution in [0.25, 0.3) is 21.9 Å². The van der Waals surface area contributed by atoms with Crippen LogP contribution in [0.1, 0.15) is 37.1 Å². The van der Waals surface area contributed by atoms with Gasteiger partial charge in [0, 0.05) is 28.5 Å². The number of carbonyl (C=O) groups excluding carboxylic acids is 1. The highest BCUT2D eigenvalue weighted by atomic mass is 19.4. The lowest BCUT2D eigenvalue weighted by Gasteiger charge is -2.31. The number of alkyl halides is 3. The van der Waals surface area contributed by atoms with Crippen LogP contribution in [-0.4, -0.2) is 28.1 Å². The van der Waals surface area contributed by atoms with E-state index in [1.54, 1.807) is 30.3 Å². The van der Waals surface area contributed by atoms with E-state index in [1.165, 1.54) is 0 Å². The van der Waals surface area contributed by atoms with E-state index in [0.29, 0.717) is 34.3 Å². The van der Waals surface area contributed by atoms with E-state index in [0.717, 1.165) is 30.7 Å². The van der Waals surface area contributed by atoms with E-state index in [2.05, 4.69) is 20.8 Å². The van der Waals surface area contributed by atoms with Gasteiger partial charge >= 0.3 is 6.18 Å². The largest absolute Gasteiger partial charge is 0.433 e. The number of aromatic nitrogens is 2. The van der Waals surface area contributed by atoms with Gasteiger partial charge in [-0.05, 0) is 49.9 Å². The SMILES string of the molecule is O=C(Cc1noc2ccccc12)N[C@@H]1CCC[C@H](Nc2cc(C(F)(F)F)nc3ccccc23)C1. The molecule has 0 radical (unpaired) electrons. The standard InChI is InChI=1S/C25H23F3N4O2/c26-25(27,28)23-13-20(17-8-1-3-10-19(17)31-23)29-15-6-5-7-16(12-15)30-24(33)14-21-18-9-2-4-11-22(18)34-32-21/h1-4,8-11,13,15-16H,5-7,12,14H2,(H,29,31)(H,30,33)/t15-,16+/m0/s1. The molecular weight excluding hydrogens is 445 g/mol. The number of hydrogen-bond donors (Lipinski definition) is 2. The van der Waals surface area contributed by atoms with Gasteiger partial charge in [0.1, 0.15) is 11.4 Å². The van der Waals surface area contributed by atoms with Crippen molar-refractivity contribution in [1.82, 2.24) is 15.5 Å². The molecule has 0 saturated heterocycles. The molecule has 9 heteroatoms. The molecule has 1 aliphatic carbocycles. The summed E-state index contributed by atoms with van der Waals surface area (Å²) in [7, 11) is 0. The summed E-state index contributed by atoms with van der Waals surface area (Å²) >= 11 is 0. The summed E-state index contributed by atoms with van der Waals surface area (Å²) in [6.45, 7) is 0. The maximum absolute atomic E-state index is 13.4. The summed E-state index contributed by atoms with van der Waals surface area (Å²) in [6.07, 6.45) is -1.34. The first-order valence-electron chi connectivity index (χ1n) is 11.2. The molecule has 4 aromatic rings. The van der Waals surface area contributed by atoms with Gasteiger partial charge in [-0.3, -0.25) is 4.79 Å². The van der Waals surface area contributed by atoms with Crippen LogP contribution in [0, 0.1) is 0 Å². The molecule has 6 nitrogen and oxygen atoms in total. The lowest BCUT2D eigenvalue weighted by atomic mass is 9.90. The van der Waals surface area contributed by atoms with Crippen LogP contribution in [0.3, 0.4) is 0 Å². The Morgan fingerprint density at radius 1 is 1.03 bits per heavy atom. The number of halogens is 3. The van der Waals surface area contributed by atoms with E-state index in [1.807, 2.05) is 18.2 Å². The molecule has 0 unspecified atom stereocenters. The van der Waals surface area contributed by atoms with E-state index in [9.17, 15) is 18.0 Å². The Labute approximate surface area is 193 Å². The van der Waals surface area contributed by atoms with Gasteiger partial charge in [0.05, 0.1) is 11.9 Å². The second kappa shape index (κ2) is 8.96. The minimum Gasteiger partial charge on any atom is -0.382 e. The lowest BCUT2D eigenvalue weighted by Crippen LogP contribution is -2.42. The third-order valence-electron chi connectivity index (χ3n) is 6.19. The number of benzene rings is 2. The van der Waals surface area contributed by atoms with Crippen molar-refractivity contribution in [2.24, 2.45) is 0 Å².